The Kier molecular flexibility index (Phi) is 8.20. The van der Waals surface area contributed by atoms with E-state index in [4.69, 9.17) is 0 Å². The van der Waals surface area contributed by atoms with Crippen LogP contribution in [0.3, 0.4) is 0 Å². The van der Waals surface area contributed by atoms with Gasteiger partial charge in [0, 0.05) is 42.8 Å². The topological polar surface area (TPSA) is 155 Å². The van der Waals surface area contributed by atoms with Crippen LogP contribution in [-0.4, -0.2) is 64.8 Å². The molecular weight excluding hydrogens is 605 g/mol. The average molecular weight is 640 g/mol. The van der Waals surface area contributed by atoms with E-state index in [-0.39, 0.29) is 34.6 Å². The minimum atomic E-state index is -0.683. The van der Waals surface area contributed by atoms with Crippen molar-refractivity contribution in [3.05, 3.63) is 104 Å². The van der Waals surface area contributed by atoms with Crippen LogP contribution < -0.4 is 16.4 Å². The molecule has 5 aromatic rings. The molecule has 3 N–H and O–H groups in total. The van der Waals surface area contributed by atoms with E-state index in [1.165, 1.54) is 31.6 Å². The number of hydrogen-bond acceptors (Lipinski definition) is 9. The van der Waals surface area contributed by atoms with Crippen LogP contribution in [0.2, 0.25) is 0 Å². The Balaban J connectivity index is 1.36. The molecule has 1 aliphatic rings. The summed E-state index contributed by atoms with van der Waals surface area (Å²) < 4.78 is 17.5. The number of pyridine rings is 1. The number of aliphatic hydroxyl groups excluding tert-OH is 2. The lowest BCUT2D eigenvalue weighted by Crippen LogP contribution is -2.29. The Labute approximate surface area is 268 Å². The predicted octanol–water partition coefficient (Wildman–Crippen LogP) is 3.42. The lowest BCUT2D eigenvalue weighted by Gasteiger charge is -2.20. The van der Waals surface area contributed by atoms with Gasteiger partial charge in [-0.1, -0.05) is 32.9 Å². The van der Waals surface area contributed by atoms with Crippen molar-refractivity contribution in [1.82, 2.24) is 29.4 Å². The zero-order valence-corrected chi connectivity index (χ0v) is 26.4. The van der Waals surface area contributed by atoms with E-state index in [2.05, 4.69) is 20.5 Å². The number of hydrogen-bond donors (Lipinski definition) is 3. The molecule has 2 aromatic carbocycles. The van der Waals surface area contributed by atoms with Gasteiger partial charge in [0.05, 0.1) is 41.2 Å². The number of carbonyl (C=O) groups is 1. The summed E-state index contributed by atoms with van der Waals surface area (Å²) in [6.07, 6.45) is 2.82. The molecule has 242 valence electrons. The third kappa shape index (κ3) is 6.02. The molecule has 1 saturated heterocycles. The monoisotopic (exact) mass is 639 g/mol. The van der Waals surface area contributed by atoms with Crippen LogP contribution in [0.4, 0.5) is 15.9 Å². The molecule has 0 spiro atoms. The number of nitrogens with one attached hydrogen (secondary N) is 1. The molecule has 47 heavy (non-hydrogen) atoms. The Bertz CT molecular complexity index is 2140. The highest BCUT2D eigenvalue weighted by atomic mass is 19.1. The predicted molar refractivity (Wildman–Crippen MR) is 174 cm³/mol. The average Bonchev–Trinajstić information content (AvgIpc) is 3.48. The van der Waals surface area contributed by atoms with Crippen LogP contribution in [0.5, 0.6) is 0 Å². The van der Waals surface area contributed by atoms with Crippen molar-refractivity contribution in [2.24, 2.45) is 7.05 Å². The fourth-order valence-electron chi connectivity index (χ4n) is 5.69. The first-order valence-corrected chi connectivity index (χ1v) is 15.1. The smallest absolute Gasteiger partial charge is 0.290 e. The van der Waals surface area contributed by atoms with Crippen LogP contribution in [0.1, 0.15) is 48.7 Å². The maximum Gasteiger partial charge on any atom is 0.290 e. The number of benzene rings is 2. The fraction of sp³-hybridized carbons (Fsp3) is 0.294. The summed E-state index contributed by atoms with van der Waals surface area (Å²) in [5.41, 5.74) is 0.966. The van der Waals surface area contributed by atoms with Gasteiger partial charge in [0.1, 0.15) is 17.3 Å². The number of nitrogens with zero attached hydrogens (tertiary/aromatic N) is 6. The molecule has 1 aliphatic heterocycles. The van der Waals surface area contributed by atoms with Crippen LogP contribution in [0.25, 0.3) is 27.7 Å². The number of aliphatic hydroxyl groups is 2. The van der Waals surface area contributed by atoms with Gasteiger partial charge in [-0.2, -0.15) is 14.9 Å². The first-order chi connectivity index (χ1) is 22.3. The van der Waals surface area contributed by atoms with Crippen LogP contribution in [-0.2, 0) is 19.1 Å². The Hall–Kier alpha value is -5.27. The summed E-state index contributed by atoms with van der Waals surface area (Å²) in [6, 6.07) is 12.7. The molecule has 6 rings (SSSR count). The molecule has 1 unspecified atom stereocenters. The van der Waals surface area contributed by atoms with Gasteiger partial charge in [0.25, 0.3) is 17.0 Å². The number of carbonyl (C=O) groups excluding carboxylic acids is 1. The number of anilines is 2. The summed E-state index contributed by atoms with van der Waals surface area (Å²) in [5, 5.41) is 32.2. The van der Waals surface area contributed by atoms with E-state index < -0.39 is 29.6 Å². The Morgan fingerprint density at radius 3 is 2.53 bits per heavy atom. The van der Waals surface area contributed by atoms with Crippen LogP contribution >= 0.6 is 0 Å². The van der Waals surface area contributed by atoms with Crippen molar-refractivity contribution in [3.8, 4) is 16.9 Å². The summed E-state index contributed by atoms with van der Waals surface area (Å²) in [7, 11) is 1.48. The second-order valence-electron chi connectivity index (χ2n) is 12.6. The minimum absolute atomic E-state index is 0.118. The van der Waals surface area contributed by atoms with Crippen molar-refractivity contribution in [2.75, 3.05) is 18.4 Å². The summed E-state index contributed by atoms with van der Waals surface area (Å²) >= 11 is 0. The van der Waals surface area contributed by atoms with Gasteiger partial charge < -0.3 is 20.4 Å². The van der Waals surface area contributed by atoms with Gasteiger partial charge in [-0.25, -0.2) is 14.1 Å². The maximum atomic E-state index is 15.3. The normalized spacial score (nSPS) is 15.0. The van der Waals surface area contributed by atoms with Gasteiger partial charge in [0.2, 0.25) is 0 Å². The molecule has 13 heteroatoms. The summed E-state index contributed by atoms with van der Waals surface area (Å²) in [6.45, 7) is 6.08. The first kappa shape index (κ1) is 31.7. The van der Waals surface area contributed by atoms with Crippen molar-refractivity contribution < 1.29 is 19.4 Å². The standard InChI is InChI=1S/C34H34FN7O5/c1-34(2,3)21-12-20-16-37-42(33(47)30(20)25(35)13-21)28-7-5-6-23(24(28)18-43)26-14-27(32(46)40(4)39-26)38-29-9-8-19(15-36-29)31(45)41-11-10-22(44)17-41/h5-9,12-16,22,43-44H,10-11,17-18H2,1-4H3,(H,36,38). The molecule has 0 aliphatic carbocycles. The molecule has 1 atom stereocenters. The van der Waals surface area contributed by atoms with E-state index in [0.29, 0.717) is 46.6 Å². The molecule has 1 fully saturated rings. The highest BCUT2D eigenvalue weighted by Gasteiger charge is 2.26. The van der Waals surface area contributed by atoms with Gasteiger partial charge in [0.15, 0.2) is 0 Å². The van der Waals surface area contributed by atoms with Gasteiger partial charge >= 0.3 is 0 Å². The van der Waals surface area contributed by atoms with E-state index in [9.17, 15) is 24.6 Å². The molecule has 0 bridgehead atoms. The molecule has 12 nitrogen and oxygen atoms in total. The number of β-amino-alcohol motifs (C(OH)–C–C–N with tert-alkyl or cyclic N) is 1. The largest absolute Gasteiger partial charge is 0.392 e. The quantitative estimate of drug-likeness (QED) is 0.253. The SMILES string of the molecule is Cn1nc(-c2cccc(-n3ncc4cc(C(C)(C)C)cc(F)c4c3=O)c2CO)cc(Nc2ccc(C(=O)N3CCC(O)C3)cn2)c1=O. The maximum absolute atomic E-state index is 15.3. The van der Waals surface area contributed by atoms with E-state index in [1.807, 2.05) is 20.8 Å². The van der Waals surface area contributed by atoms with Crippen LogP contribution in [0.15, 0.2) is 70.5 Å². The fourth-order valence-corrected chi connectivity index (χ4v) is 5.69. The Morgan fingerprint density at radius 2 is 1.87 bits per heavy atom. The number of likely N-dealkylation sites (tertiary alicyclic amines) is 1. The second-order valence-corrected chi connectivity index (χ2v) is 12.6. The van der Waals surface area contributed by atoms with Gasteiger partial charge in [-0.15, -0.1) is 0 Å². The number of fused-ring (bicyclic) bond motifs is 1. The lowest BCUT2D eigenvalue weighted by molar-refractivity contribution is 0.0764. The number of rotatable bonds is 6. The highest BCUT2D eigenvalue weighted by molar-refractivity contribution is 5.94. The zero-order chi connectivity index (χ0) is 33.6. The lowest BCUT2D eigenvalue weighted by atomic mass is 9.86. The van der Waals surface area contributed by atoms with Gasteiger partial charge in [-0.3, -0.25) is 14.4 Å². The van der Waals surface area contributed by atoms with Crippen molar-refractivity contribution in [2.45, 2.75) is 45.3 Å². The minimum Gasteiger partial charge on any atom is -0.392 e. The summed E-state index contributed by atoms with van der Waals surface area (Å²) in [5.74, 6) is -0.597. The molecule has 1 amide bonds. The molecule has 0 saturated carbocycles. The van der Waals surface area contributed by atoms with Gasteiger partial charge in [-0.05, 0) is 53.8 Å². The van der Waals surface area contributed by atoms with Crippen molar-refractivity contribution >= 4 is 28.2 Å². The third-order valence-electron chi connectivity index (χ3n) is 8.31. The second kappa shape index (κ2) is 12.2. The van der Waals surface area contributed by atoms with E-state index in [0.717, 1.165) is 14.9 Å². The van der Waals surface area contributed by atoms with E-state index >= 15 is 4.39 Å². The number of amides is 1. The van der Waals surface area contributed by atoms with Crippen molar-refractivity contribution in [1.29, 1.82) is 0 Å². The van der Waals surface area contributed by atoms with Crippen LogP contribution in [0, 0.1) is 5.82 Å². The number of halogens is 1. The molecule has 4 heterocycles. The zero-order valence-electron chi connectivity index (χ0n) is 26.4. The van der Waals surface area contributed by atoms with Crippen molar-refractivity contribution in [3.63, 3.8) is 0 Å². The Morgan fingerprint density at radius 1 is 1.09 bits per heavy atom. The highest BCUT2D eigenvalue weighted by Crippen LogP contribution is 2.30. The molecule has 3 aromatic heterocycles. The number of aryl methyl sites for hydroxylation is 1. The number of aromatic nitrogens is 5. The van der Waals surface area contributed by atoms with E-state index in [1.54, 1.807) is 41.3 Å². The molecule has 0 radical (unpaired) electrons. The first-order valence-electron chi connectivity index (χ1n) is 15.1. The molecular formula is C34H34FN7O5. The third-order valence-corrected chi connectivity index (χ3v) is 8.31. The summed E-state index contributed by atoms with van der Waals surface area (Å²) in [4.78, 5) is 45.3.